The number of nitro groups is 1. The second-order valence-electron chi connectivity index (χ2n) is 26.2. The fourth-order valence-corrected chi connectivity index (χ4v) is 13.0. The Balaban J connectivity index is 0.000000138. The van der Waals surface area contributed by atoms with E-state index in [4.69, 9.17) is 41.8 Å². The number of aromatic nitrogens is 8. The molecule has 0 aliphatic carbocycles. The number of hydrogen-bond donors (Lipinski definition) is 0. The molecular formula is C82H68F12N12O13. The zero-order valence-corrected chi connectivity index (χ0v) is 63.2. The van der Waals surface area contributed by atoms with Gasteiger partial charge in [-0.05, 0) is 145 Å². The molecule has 3 fully saturated rings. The molecule has 37 heteroatoms. The molecule has 25 nitrogen and oxygen atoms in total. The monoisotopic (exact) mass is 1660 g/mol. The quantitative estimate of drug-likeness (QED) is 0.0465. The number of nitro benzene ring substituents is 1. The highest BCUT2D eigenvalue weighted by atomic mass is 19.4. The lowest BCUT2D eigenvalue weighted by Crippen LogP contribution is -2.37. The number of morpholine rings is 3. The van der Waals surface area contributed by atoms with Gasteiger partial charge in [0.05, 0.1) is 92.2 Å². The minimum absolute atomic E-state index is 0.00457. The smallest absolute Gasteiger partial charge is 0.496 e. The summed E-state index contributed by atoms with van der Waals surface area (Å²) in [5.74, 6) is 0.706. The summed E-state index contributed by atoms with van der Waals surface area (Å²) in [5.41, 5.74) is 6.20. The Labute approximate surface area is 668 Å². The Morgan fingerprint density at radius 1 is 0.353 bits per heavy atom. The predicted octanol–water partition coefficient (Wildman–Crippen LogP) is 19.2. The lowest BCUT2D eigenvalue weighted by atomic mass is 9.95. The van der Waals surface area contributed by atoms with Crippen molar-refractivity contribution in [1.82, 2.24) is 40.6 Å². The van der Waals surface area contributed by atoms with E-state index in [0.717, 1.165) is 41.1 Å². The summed E-state index contributed by atoms with van der Waals surface area (Å²) >= 11 is 0. The molecule has 4 aromatic heterocycles. The maximum Gasteiger partial charge on any atom is 0.573 e. The van der Waals surface area contributed by atoms with Crippen LogP contribution in [0.15, 0.2) is 212 Å². The molecule has 0 spiro atoms. The number of alkyl halides is 12. The molecule has 0 radical (unpaired) electrons. The Hall–Kier alpha value is -13.4. The number of nitrogens with zero attached hydrogens (tertiary/aromatic N) is 12. The standard InChI is InChI=1S/C23H20N2O2.C20H15F6N3O3.C20H18F3N3O3.C19H15F3N4O5/c1-15-8-4-5-9-18(15)19-13-12-17(14-16(19)2)23-24-22(25-27-23)20-10-6-7-11-21(20)26-3;21-19(22,23)14-11-12(5-6-15(14)29-7-9-30-10-8-29)18-27-17(28-32-18)13-3-1-2-4-16(13)31-20(24,25)26;1-27-17-5-3-2-4-14(17)18-24-19(29-25-18)13-6-7-16(15(12-13)20(21,22)23)26-8-10-28-11-9-26;20-19(21,22)30-16-4-2-1-3-13(16)17-23-18(31-24-17)12-5-6-14(15(11-12)26(27)28)25-7-9-29-10-8-25/h4-14H,1-3H3;1-6,11H,7-10H2;2-7,12H,8-11H2,1H3;1-6,11H,7-10H2. The van der Waals surface area contributed by atoms with Crippen molar-refractivity contribution < 1.29 is 109 Å². The van der Waals surface area contributed by atoms with Crippen molar-refractivity contribution >= 4 is 22.7 Å². The first-order valence-corrected chi connectivity index (χ1v) is 36.3. The third-order valence-corrected chi connectivity index (χ3v) is 18.6. The van der Waals surface area contributed by atoms with Gasteiger partial charge in [-0.2, -0.15) is 46.3 Å². The van der Waals surface area contributed by atoms with E-state index < -0.39 is 52.6 Å². The molecule has 13 aromatic rings. The zero-order chi connectivity index (χ0) is 84.2. The van der Waals surface area contributed by atoms with Crippen molar-refractivity contribution in [1.29, 1.82) is 0 Å². The summed E-state index contributed by atoms with van der Waals surface area (Å²) < 4.78 is 214. The number of halogens is 12. The number of anilines is 3. The molecule has 7 heterocycles. The second-order valence-corrected chi connectivity index (χ2v) is 26.2. The van der Waals surface area contributed by atoms with E-state index in [1.165, 1.54) is 90.0 Å². The van der Waals surface area contributed by atoms with Gasteiger partial charge in [-0.3, -0.25) is 10.1 Å². The number of aryl methyl sites for hydroxylation is 2. The van der Waals surface area contributed by atoms with Crippen LogP contribution >= 0.6 is 0 Å². The molecule has 0 atom stereocenters. The molecule has 0 N–H and O–H groups in total. The van der Waals surface area contributed by atoms with Crippen LogP contribution in [0.5, 0.6) is 23.0 Å². The van der Waals surface area contributed by atoms with E-state index in [1.54, 1.807) is 59.4 Å². The number of para-hydroxylation sites is 4. The van der Waals surface area contributed by atoms with Crippen LogP contribution in [0.3, 0.4) is 0 Å². The number of methoxy groups -OCH3 is 2. The van der Waals surface area contributed by atoms with Crippen molar-refractivity contribution in [2.75, 3.05) is 108 Å². The molecule has 3 aliphatic rings. The maximum absolute atomic E-state index is 13.7. The predicted molar refractivity (Wildman–Crippen MR) is 408 cm³/mol. The summed E-state index contributed by atoms with van der Waals surface area (Å²) in [6.45, 7) is 9.02. The molecule has 0 unspecified atom stereocenters. The van der Waals surface area contributed by atoms with Crippen LogP contribution in [0, 0.1) is 24.0 Å². The van der Waals surface area contributed by atoms with Gasteiger partial charge in [0.15, 0.2) is 0 Å². The number of benzene rings is 9. The van der Waals surface area contributed by atoms with E-state index in [0.29, 0.717) is 108 Å². The third kappa shape index (κ3) is 20.5. The van der Waals surface area contributed by atoms with Crippen LogP contribution in [0.1, 0.15) is 22.3 Å². The van der Waals surface area contributed by atoms with Gasteiger partial charge < -0.3 is 66.0 Å². The SMILES string of the molecule is COc1ccccc1-c1noc(-c2ccc(-c3ccccc3C)c(C)c2)n1.COc1ccccc1-c1noc(-c2ccc(N3CCOCC3)c(C(F)(F)F)c2)n1.FC(F)(F)Oc1ccccc1-c1noc(-c2ccc(N3CCOCC3)c(C(F)(F)F)c2)n1.O=[N+]([O-])c1cc(-c2nc(-c3ccccc3OC(F)(F)F)no2)ccc1N1CCOCC1. The Morgan fingerprint density at radius 3 is 0.983 bits per heavy atom. The molecule has 618 valence electrons. The van der Waals surface area contributed by atoms with Gasteiger partial charge in [0, 0.05) is 79.0 Å². The van der Waals surface area contributed by atoms with Crippen LogP contribution in [-0.4, -0.2) is 151 Å². The lowest BCUT2D eigenvalue weighted by molar-refractivity contribution is -0.384. The highest BCUT2D eigenvalue weighted by Crippen LogP contribution is 2.44. The normalized spacial score (nSPS) is 13.9. The third-order valence-electron chi connectivity index (χ3n) is 18.6. The molecule has 0 amide bonds. The maximum atomic E-state index is 13.7. The molecule has 3 saturated heterocycles. The van der Waals surface area contributed by atoms with E-state index >= 15 is 0 Å². The van der Waals surface area contributed by atoms with Gasteiger partial charge in [0.2, 0.25) is 23.3 Å². The Kier molecular flexibility index (Phi) is 25.5. The van der Waals surface area contributed by atoms with Gasteiger partial charge in [0.25, 0.3) is 29.3 Å². The van der Waals surface area contributed by atoms with Crippen LogP contribution in [-0.2, 0) is 26.6 Å². The van der Waals surface area contributed by atoms with Crippen molar-refractivity contribution in [2.45, 2.75) is 38.9 Å². The van der Waals surface area contributed by atoms with E-state index in [-0.39, 0.29) is 80.0 Å². The summed E-state index contributed by atoms with van der Waals surface area (Å²) in [5, 5.41) is 27.0. The van der Waals surface area contributed by atoms with Crippen molar-refractivity contribution in [3.63, 3.8) is 0 Å². The fourth-order valence-electron chi connectivity index (χ4n) is 13.0. The van der Waals surface area contributed by atoms with Crippen molar-refractivity contribution in [2.24, 2.45) is 0 Å². The Morgan fingerprint density at radius 2 is 0.647 bits per heavy atom. The first-order valence-electron chi connectivity index (χ1n) is 36.3. The number of ether oxygens (including phenoxy) is 7. The molecule has 0 bridgehead atoms. The molecule has 9 aromatic carbocycles. The van der Waals surface area contributed by atoms with Crippen LogP contribution in [0.2, 0.25) is 0 Å². The van der Waals surface area contributed by atoms with Gasteiger partial charge in [-0.1, -0.05) is 99.5 Å². The van der Waals surface area contributed by atoms with E-state index in [2.05, 4.69) is 100 Å². The summed E-state index contributed by atoms with van der Waals surface area (Å²) in [6, 6.07) is 51.8. The first kappa shape index (κ1) is 83.5. The highest BCUT2D eigenvalue weighted by molar-refractivity contribution is 5.77. The average molecular weight is 1660 g/mol. The van der Waals surface area contributed by atoms with Gasteiger partial charge >= 0.3 is 25.1 Å². The topological polar surface area (TPSA) is 273 Å². The van der Waals surface area contributed by atoms with Crippen LogP contribution in [0.25, 0.3) is 102 Å². The summed E-state index contributed by atoms with van der Waals surface area (Å²) in [4.78, 5) is 33.1. The summed E-state index contributed by atoms with van der Waals surface area (Å²) in [6.07, 6.45) is -19.0. The molecular weight excluding hydrogens is 1590 g/mol. The van der Waals surface area contributed by atoms with E-state index in [9.17, 15) is 62.8 Å². The second kappa shape index (κ2) is 36.4. The highest BCUT2D eigenvalue weighted by Gasteiger charge is 2.39. The number of rotatable bonds is 17. The Bertz CT molecular complexity index is 5660. The van der Waals surface area contributed by atoms with Gasteiger partial charge in [-0.15, -0.1) is 26.3 Å². The van der Waals surface area contributed by atoms with Gasteiger partial charge in [-0.25, -0.2) is 0 Å². The largest absolute Gasteiger partial charge is 0.573 e. The average Bonchev–Trinajstić information content (AvgIpc) is 1.78. The van der Waals surface area contributed by atoms with E-state index in [1.807, 2.05) is 35.2 Å². The molecule has 119 heavy (non-hydrogen) atoms. The van der Waals surface area contributed by atoms with Crippen LogP contribution < -0.4 is 33.6 Å². The van der Waals surface area contributed by atoms with Crippen molar-refractivity contribution in [3.8, 4) is 125 Å². The first-order chi connectivity index (χ1) is 57.1. The lowest BCUT2D eigenvalue weighted by Gasteiger charge is -2.31. The van der Waals surface area contributed by atoms with Gasteiger partial charge in [0.1, 0.15) is 28.7 Å². The minimum atomic E-state index is -4.94. The fraction of sp³-hybridized carbons (Fsp3) is 0.244. The summed E-state index contributed by atoms with van der Waals surface area (Å²) in [7, 11) is 3.15. The molecule has 0 saturated carbocycles. The molecule has 16 rings (SSSR count). The minimum Gasteiger partial charge on any atom is -0.496 e. The number of hydrogen-bond acceptors (Lipinski definition) is 24. The van der Waals surface area contributed by atoms with Crippen LogP contribution in [0.4, 0.5) is 75.4 Å². The molecule has 3 aliphatic heterocycles. The zero-order valence-electron chi connectivity index (χ0n) is 63.2. The van der Waals surface area contributed by atoms with Crippen molar-refractivity contribution in [3.05, 3.63) is 226 Å².